The Morgan fingerprint density at radius 1 is 1.41 bits per heavy atom. The van der Waals surface area contributed by atoms with Crippen LogP contribution in [-0.2, 0) is 14.3 Å². The predicted molar refractivity (Wildman–Crippen MR) is 81.7 cm³/mol. The standard InChI is InChI=1S/C16H20N2O4/c1-4-22-16(21)13-10(2)18(11(3)19)15(20)14(13)17-12-8-6-5-7-9-12/h5-11,17,19H,4H2,1-3H3. The average Bonchev–Trinajstić information content (AvgIpc) is 2.71. The molecule has 1 amide bonds. The second-order valence-electron chi connectivity index (χ2n) is 5.02. The van der Waals surface area contributed by atoms with Crippen LogP contribution in [0.5, 0.6) is 0 Å². The van der Waals surface area contributed by atoms with Crippen molar-refractivity contribution in [1.29, 1.82) is 0 Å². The van der Waals surface area contributed by atoms with E-state index in [4.69, 9.17) is 4.74 Å². The minimum absolute atomic E-state index is 0.151. The zero-order valence-electron chi connectivity index (χ0n) is 12.9. The number of nitrogens with one attached hydrogen (secondary N) is 1. The molecule has 6 heteroatoms. The van der Waals surface area contributed by atoms with E-state index in [0.29, 0.717) is 5.69 Å². The molecular formula is C16H20N2O4. The summed E-state index contributed by atoms with van der Waals surface area (Å²) in [5, 5.41) is 12.8. The molecule has 1 heterocycles. The molecule has 2 N–H and O–H groups in total. The van der Waals surface area contributed by atoms with E-state index >= 15 is 0 Å². The number of nitrogens with zero attached hydrogens (tertiary/aromatic N) is 1. The van der Waals surface area contributed by atoms with E-state index in [1.54, 1.807) is 26.0 Å². The normalized spacial score (nSPS) is 19.4. The van der Waals surface area contributed by atoms with E-state index in [1.807, 2.05) is 18.2 Å². The number of para-hydroxylation sites is 1. The van der Waals surface area contributed by atoms with Gasteiger partial charge in [0.15, 0.2) is 0 Å². The molecule has 0 saturated heterocycles. The number of anilines is 1. The molecule has 0 fully saturated rings. The van der Waals surface area contributed by atoms with Gasteiger partial charge in [-0.05, 0) is 32.9 Å². The summed E-state index contributed by atoms with van der Waals surface area (Å²) >= 11 is 0. The minimum Gasteiger partial charge on any atom is -0.463 e. The number of benzene rings is 1. The summed E-state index contributed by atoms with van der Waals surface area (Å²) in [5.41, 5.74) is 1.07. The van der Waals surface area contributed by atoms with Gasteiger partial charge in [-0.15, -0.1) is 0 Å². The van der Waals surface area contributed by atoms with Crippen LogP contribution < -0.4 is 5.32 Å². The average molecular weight is 304 g/mol. The molecule has 22 heavy (non-hydrogen) atoms. The summed E-state index contributed by atoms with van der Waals surface area (Å²) in [7, 11) is 0. The van der Waals surface area contributed by atoms with Crippen LogP contribution in [0, 0.1) is 0 Å². The Morgan fingerprint density at radius 3 is 2.59 bits per heavy atom. The topological polar surface area (TPSA) is 78.9 Å². The SMILES string of the molecule is CCOC(=O)C1=C(Nc2ccccc2)C(=O)N(C(C)O)C1C. The molecule has 2 atom stereocenters. The van der Waals surface area contributed by atoms with Crippen molar-refractivity contribution in [3.63, 3.8) is 0 Å². The van der Waals surface area contributed by atoms with Crippen LogP contribution in [0.4, 0.5) is 5.69 Å². The fourth-order valence-electron chi connectivity index (χ4n) is 2.53. The molecule has 0 aliphatic carbocycles. The maximum absolute atomic E-state index is 12.5. The monoisotopic (exact) mass is 304 g/mol. The fraction of sp³-hybridized carbons (Fsp3) is 0.375. The van der Waals surface area contributed by atoms with Crippen LogP contribution in [0.2, 0.25) is 0 Å². The van der Waals surface area contributed by atoms with E-state index in [9.17, 15) is 14.7 Å². The largest absolute Gasteiger partial charge is 0.463 e. The molecule has 2 rings (SSSR count). The highest BCUT2D eigenvalue weighted by Crippen LogP contribution is 2.29. The molecule has 1 aliphatic rings. The molecule has 0 radical (unpaired) electrons. The molecule has 1 aliphatic heterocycles. The summed E-state index contributed by atoms with van der Waals surface area (Å²) in [6.07, 6.45) is -0.998. The molecule has 2 unspecified atom stereocenters. The van der Waals surface area contributed by atoms with Gasteiger partial charge in [0.2, 0.25) is 0 Å². The molecule has 1 aromatic rings. The number of rotatable bonds is 5. The fourth-order valence-corrected chi connectivity index (χ4v) is 2.53. The highest BCUT2D eigenvalue weighted by atomic mass is 16.5. The second-order valence-corrected chi connectivity index (χ2v) is 5.02. The van der Waals surface area contributed by atoms with Crippen LogP contribution in [0.15, 0.2) is 41.6 Å². The minimum atomic E-state index is -0.998. The Balaban J connectivity index is 2.41. The van der Waals surface area contributed by atoms with E-state index in [-0.39, 0.29) is 17.9 Å². The number of ether oxygens (including phenoxy) is 1. The lowest BCUT2D eigenvalue weighted by Crippen LogP contribution is -2.41. The summed E-state index contributed by atoms with van der Waals surface area (Å²) < 4.78 is 5.04. The number of amides is 1. The number of carbonyl (C=O) groups is 2. The van der Waals surface area contributed by atoms with Gasteiger partial charge in [-0.2, -0.15) is 0 Å². The molecule has 0 saturated carbocycles. The summed E-state index contributed by atoms with van der Waals surface area (Å²) in [6, 6.07) is 8.52. The Bertz CT molecular complexity index is 595. The number of hydrogen-bond donors (Lipinski definition) is 2. The van der Waals surface area contributed by atoms with Gasteiger partial charge in [-0.1, -0.05) is 18.2 Å². The van der Waals surface area contributed by atoms with Crippen molar-refractivity contribution in [2.24, 2.45) is 0 Å². The lowest BCUT2D eigenvalue weighted by atomic mass is 10.1. The van der Waals surface area contributed by atoms with Crippen molar-refractivity contribution in [3.8, 4) is 0 Å². The van der Waals surface area contributed by atoms with Gasteiger partial charge in [0, 0.05) is 5.69 Å². The van der Waals surface area contributed by atoms with Crippen LogP contribution in [0.3, 0.4) is 0 Å². The molecule has 6 nitrogen and oxygen atoms in total. The number of carbonyl (C=O) groups excluding carboxylic acids is 2. The Hall–Kier alpha value is -2.34. The second kappa shape index (κ2) is 6.62. The number of aliphatic hydroxyl groups excluding tert-OH is 1. The molecule has 1 aromatic carbocycles. The van der Waals surface area contributed by atoms with Crippen LogP contribution in [-0.4, -0.2) is 40.8 Å². The Kier molecular flexibility index (Phi) is 4.82. The molecule has 118 valence electrons. The van der Waals surface area contributed by atoms with Crippen molar-refractivity contribution in [2.45, 2.75) is 33.0 Å². The lowest BCUT2D eigenvalue weighted by Gasteiger charge is -2.25. The van der Waals surface area contributed by atoms with Gasteiger partial charge >= 0.3 is 5.97 Å². The van der Waals surface area contributed by atoms with Crippen molar-refractivity contribution in [2.75, 3.05) is 11.9 Å². The molecule has 0 spiro atoms. The van der Waals surface area contributed by atoms with Gasteiger partial charge in [-0.3, -0.25) is 4.79 Å². The van der Waals surface area contributed by atoms with Crippen molar-refractivity contribution < 1.29 is 19.4 Å². The Morgan fingerprint density at radius 2 is 2.05 bits per heavy atom. The predicted octanol–water partition coefficient (Wildman–Crippen LogP) is 1.48. The van der Waals surface area contributed by atoms with Gasteiger partial charge < -0.3 is 20.1 Å². The van der Waals surface area contributed by atoms with E-state index < -0.39 is 24.1 Å². The maximum Gasteiger partial charge on any atom is 0.338 e. The van der Waals surface area contributed by atoms with E-state index in [2.05, 4.69) is 5.32 Å². The van der Waals surface area contributed by atoms with Crippen molar-refractivity contribution in [1.82, 2.24) is 4.90 Å². The van der Waals surface area contributed by atoms with E-state index in [1.165, 1.54) is 11.8 Å². The molecular weight excluding hydrogens is 284 g/mol. The van der Waals surface area contributed by atoms with Gasteiger partial charge in [0.05, 0.1) is 18.2 Å². The number of esters is 1. The smallest absolute Gasteiger partial charge is 0.338 e. The van der Waals surface area contributed by atoms with Crippen LogP contribution in [0.25, 0.3) is 0 Å². The molecule has 0 aromatic heterocycles. The summed E-state index contributed by atoms with van der Waals surface area (Å²) in [4.78, 5) is 26.0. The van der Waals surface area contributed by atoms with Crippen LogP contribution in [0.1, 0.15) is 20.8 Å². The molecule has 0 bridgehead atoms. The van der Waals surface area contributed by atoms with Gasteiger partial charge in [0.25, 0.3) is 5.91 Å². The quantitative estimate of drug-likeness (QED) is 0.806. The Labute approximate surface area is 129 Å². The summed E-state index contributed by atoms with van der Waals surface area (Å²) in [5.74, 6) is -0.973. The third-order valence-corrected chi connectivity index (χ3v) is 3.49. The number of aliphatic hydroxyl groups is 1. The maximum atomic E-state index is 12.5. The highest BCUT2D eigenvalue weighted by Gasteiger charge is 2.42. The zero-order chi connectivity index (χ0) is 16.3. The first-order chi connectivity index (χ1) is 10.5. The number of hydrogen-bond acceptors (Lipinski definition) is 5. The van der Waals surface area contributed by atoms with Crippen LogP contribution >= 0.6 is 0 Å². The first-order valence-corrected chi connectivity index (χ1v) is 7.21. The zero-order valence-corrected chi connectivity index (χ0v) is 12.9. The highest BCUT2D eigenvalue weighted by molar-refractivity contribution is 6.09. The van der Waals surface area contributed by atoms with Gasteiger partial charge in [0.1, 0.15) is 11.9 Å². The first kappa shape index (κ1) is 16.0. The first-order valence-electron chi connectivity index (χ1n) is 7.21. The third-order valence-electron chi connectivity index (χ3n) is 3.49. The lowest BCUT2D eigenvalue weighted by molar-refractivity contribution is -0.139. The third kappa shape index (κ3) is 2.96. The summed E-state index contributed by atoms with van der Waals surface area (Å²) in [6.45, 7) is 5.10. The van der Waals surface area contributed by atoms with Gasteiger partial charge in [-0.25, -0.2) is 4.79 Å². The van der Waals surface area contributed by atoms with E-state index in [0.717, 1.165) is 0 Å². The van der Waals surface area contributed by atoms with Crippen molar-refractivity contribution in [3.05, 3.63) is 41.6 Å². The van der Waals surface area contributed by atoms with Crippen molar-refractivity contribution >= 4 is 17.6 Å².